The number of halogens is 4. The SMILES string of the molecule is COOC(=O)c1ccc(OC(F)C(F)F)c(F)c1. The molecular formula is C10H8F4O4. The smallest absolute Gasteiger partial charge is 0.373 e. The topological polar surface area (TPSA) is 44.8 Å². The van der Waals surface area contributed by atoms with E-state index in [2.05, 4.69) is 14.5 Å². The molecule has 1 unspecified atom stereocenters. The number of ether oxygens (including phenoxy) is 1. The van der Waals surface area contributed by atoms with Crippen molar-refractivity contribution in [2.45, 2.75) is 12.8 Å². The lowest BCUT2D eigenvalue weighted by Crippen LogP contribution is -2.20. The minimum atomic E-state index is -3.40. The molecule has 1 atom stereocenters. The lowest BCUT2D eigenvalue weighted by Gasteiger charge is -2.11. The van der Waals surface area contributed by atoms with Crippen LogP contribution in [0.4, 0.5) is 17.6 Å². The Hall–Kier alpha value is -1.83. The van der Waals surface area contributed by atoms with Crippen LogP contribution in [0.1, 0.15) is 10.4 Å². The molecule has 18 heavy (non-hydrogen) atoms. The summed E-state index contributed by atoms with van der Waals surface area (Å²) >= 11 is 0. The first kappa shape index (κ1) is 14.2. The third kappa shape index (κ3) is 3.59. The molecule has 0 amide bonds. The number of carbonyl (C=O) groups excluding carboxylic acids is 1. The van der Waals surface area contributed by atoms with Crippen LogP contribution in [-0.2, 0) is 9.78 Å². The Kier molecular flexibility index (Phi) is 4.90. The molecule has 0 fully saturated rings. The Balaban J connectivity index is 2.83. The molecule has 8 heteroatoms. The molecule has 0 aliphatic carbocycles. The molecule has 0 bridgehead atoms. The van der Waals surface area contributed by atoms with Crippen LogP contribution in [0.15, 0.2) is 18.2 Å². The predicted molar refractivity (Wildman–Crippen MR) is 50.4 cm³/mol. The molecule has 1 aromatic carbocycles. The normalized spacial score (nSPS) is 12.3. The average Bonchev–Trinajstić information content (AvgIpc) is 2.31. The van der Waals surface area contributed by atoms with Crippen molar-refractivity contribution in [3.05, 3.63) is 29.6 Å². The second kappa shape index (κ2) is 6.20. The van der Waals surface area contributed by atoms with Gasteiger partial charge in [0, 0.05) is 0 Å². The van der Waals surface area contributed by atoms with Gasteiger partial charge in [-0.15, -0.1) is 0 Å². The maximum atomic E-state index is 13.3. The predicted octanol–water partition coefficient (Wildman–Crippen LogP) is 2.48. The summed E-state index contributed by atoms with van der Waals surface area (Å²) in [5, 5.41) is 0. The molecule has 0 radical (unpaired) electrons. The Bertz CT molecular complexity index is 424. The van der Waals surface area contributed by atoms with E-state index in [0.717, 1.165) is 19.2 Å². The quantitative estimate of drug-likeness (QED) is 0.467. The summed E-state index contributed by atoms with van der Waals surface area (Å²) in [6, 6.07) is 2.49. The lowest BCUT2D eigenvalue weighted by atomic mass is 10.2. The van der Waals surface area contributed by atoms with Crippen LogP contribution in [0.25, 0.3) is 0 Å². The van der Waals surface area contributed by atoms with Gasteiger partial charge in [0.2, 0.25) is 0 Å². The van der Waals surface area contributed by atoms with Crippen molar-refractivity contribution < 1.29 is 36.9 Å². The van der Waals surface area contributed by atoms with Crippen LogP contribution in [-0.4, -0.2) is 25.9 Å². The van der Waals surface area contributed by atoms with Crippen molar-refractivity contribution in [2.75, 3.05) is 7.11 Å². The molecule has 0 N–H and O–H groups in total. The maximum Gasteiger partial charge on any atom is 0.373 e. The van der Waals surface area contributed by atoms with Gasteiger partial charge < -0.3 is 4.74 Å². The van der Waals surface area contributed by atoms with E-state index in [1.807, 2.05) is 0 Å². The van der Waals surface area contributed by atoms with Gasteiger partial charge in [-0.1, -0.05) is 0 Å². The van der Waals surface area contributed by atoms with Crippen molar-refractivity contribution in [1.29, 1.82) is 0 Å². The fourth-order valence-corrected chi connectivity index (χ4v) is 1.02. The summed E-state index contributed by atoms with van der Waals surface area (Å²) in [4.78, 5) is 19.3. The molecule has 0 heterocycles. The molecule has 0 saturated heterocycles. The van der Waals surface area contributed by atoms with Gasteiger partial charge in [0.25, 0.3) is 6.36 Å². The second-order valence-electron chi connectivity index (χ2n) is 2.99. The Morgan fingerprint density at radius 2 is 1.94 bits per heavy atom. The maximum absolute atomic E-state index is 13.3. The third-order valence-corrected chi connectivity index (χ3v) is 1.76. The van der Waals surface area contributed by atoms with E-state index in [0.29, 0.717) is 6.07 Å². The van der Waals surface area contributed by atoms with E-state index in [1.54, 1.807) is 0 Å². The van der Waals surface area contributed by atoms with Gasteiger partial charge in [-0.05, 0) is 18.2 Å². The first-order valence-corrected chi connectivity index (χ1v) is 4.59. The van der Waals surface area contributed by atoms with Crippen LogP contribution in [0.2, 0.25) is 0 Å². The fraction of sp³-hybridized carbons (Fsp3) is 0.300. The van der Waals surface area contributed by atoms with Crippen LogP contribution in [0, 0.1) is 5.82 Å². The van der Waals surface area contributed by atoms with Gasteiger partial charge >= 0.3 is 12.4 Å². The van der Waals surface area contributed by atoms with E-state index in [1.165, 1.54) is 0 Å². The number of hydrogen-bond acceptors (Lipinski definition) is 4. The fourth-order valence-electron chi connectivity index (χ4n) is 1.02. The van der Waals surface area contributed by atoms with E-state index in [-0.39, 0.29) is 5.56 Å². The number of alkyl halides is 3. The minimum Gasteiger partial charge on any atom is -0.451 e. The molecule has 0 aliphatic heterocycles. The Morgan fingerprint density at radius 3 is 2.44 bits per heavy atom. The van der Waals surface area contributed by atoms with Gasteiger partial charge in [0.15, 0.2) is 11.6 Å². The molecule has 100 valence electrons. The molecule has 1 rings (SSSR count). The van der Waals surface area contributed by atoms with E-state index < -0.39 is 30.3 Å². The zero-order chi connectivity index (χ0) is 13.7. The van der Waals surface area contributed by atoms with Crippen LogP contribution >= 0.6 is 0 Å². The highest BCUT2D eigenvalue weighted by Gasteiger charge is 2.23. The summed E-state index contributed by atoms with van der Waals surface area (Å²) in [7, 11) is 1.07. The van der Waals surface area contributed by atoms with E-state index in [9.17, 15) is 22.4 Å². The molecule has 0 aliphatic rings. The van der Waals surface area contributed by atoms with Crippen LogP contribution in [0.5, 0.6) is 5.75 Å². The summed E-state index contributed by atoms with van der Waals surface area (Å²) in [5.41, 5.74) is -0.242. The van der Waals surface area contributed by atoms with Crippen molar-refractivity contribution in [3.63, 3.8) is 0 Å². The highest BCUT2D eigenvalue weighted by atomic mass is 19.3. The lowest BCUT2D eigenvalue weighted by molar-refractivity contribution is -0.216. The van der Waals surface area contributed by atoms with Gasteiger partial charge in [0.05, 0.1) is 12.7 Å². The summed E-state index contributed by atoms with van der Waals surface area (Å²) < 4.78 is 53.5. The highest BCUT2D eigenvalue weighted by Crippen LogP contribution is 2.22. The van der Waals surface area contributed by atoms with Crippen molar-refractivity contribution in [3.8, 4) is 5.75 Å². The van der Waals surface area contributed by atoms with Crippen molar-refractivity contribution in [2.24, 2.45) is 0 Å². The van der Waals surface area contributed by atoms with Crippen LogP contribution in [0.3, 0.4) is 0 Å². The van der Waals surface area contributed by atoms with Crippen molar-refractivity contribution in [1.82, 2.24) is 0 Å². The first-order chi connectivity index (χ1) is 8.45. The number of hydrogen-bond donors (Lipinski definition) is 0. The Morgan fingerprint density at radius 1 is 1.28 bits per heavy atom. The summed E-state index contributed by atoms with van der Waals surface area (Å²) in [5.74, 6) is -2.91. The molecule has 0 aromatic heterocycles. The second-order valence-corrected chi connectivity index (χ2v) is 2.99. The summed E-state index contributed by atoms with van der Waals surface area (Å²) in [6.45, 7) is 0. The van der Waals surface area contributed by atoms with Crippen molar-refractivity contribution >= 4 is 5.97 Å². The van der Waals surface area contributed by atoms with Gasteiger partial charge in [-0.3, -0.25) is 4.89 Å². The van der Waals surface area contributed by atoms with Gasteiger partial charge in [0.1, 0.15) is 0 Å². The number of rotatable bonds is 5. The van der Waals surface area contributed by atoms with E-state index >= 15 is 0 Å². The van der Waals surface area contributed by atoms with Gasteiger partial charge in [-0.25, -0.2) is 18.0 Å². The number of carbonyl (C=O) groups is 1. The van der Waals surface area contributed by atoms with Gasteiger partial charge in [-0.2, -0.15) is 9.28 Å². The molecule has 0 saturated carbocycles. The molecule has 0 spiro atoms. The molecule has 1 aromatic rings. The number of benzene rings is 1. The summed E-state index contributed by atoms with van der Waals surface area (Å²) in [6.07, 6.45) is -6.35. The first-order valence-electron chi connectivity index (χ1n) is 4.59. The average molecular weight is 268 g/mol. The monoisotopic (exact) mass is 268 g/mol. The van der Waals surface area contributed by atoms with E-state index in [4.69, 9.17) is 0 Å². The molecule has 4 nitrogen and oxygen atoms in total. The standard InChI is InChI=1S/C10H8F4O4/c1-16-18-10(15)5-2-3-7(6(11)4-5)17-9(14)8(12)13/h2-4,8-9H,1H3. The van der Waals surface area contributed by atoms with Crippen LogP contribution < -0.4 is 4.74 Å². The molecular weight excluding hydrogens is 260 g/mol. The largest absolute Gasteiger partial charge is 0.451 e. The Labute approximate surface area is 99.0 Å². The third-order valence-electron chi connectivity index (χ3n) is 1.76. The highest BCUT2D eigenvalue weighted by molar-refractivity contribution is 5.89. The zero-order valence-electron chi connectivity index (χ0n) is 9.03. The zero-order valence-corrected chi connectivity index (χ0v) is 9.03. The minimum absolute atomic E-state index is 0.242.